The van der Waals surface area contributed by atoms with Crippen molar-refractivity contribution in [2.75, 3.05) is 11.9 Å². The predicted molar refractivity (Wildman–Crippen MR) is 60.9 cm³/mol. The third kappa shape index (κ3) is 4.13. The fourth-order valence-corrected chi connectivity index (χ4v) is 1.08. The van der Waals surface area contributed by atoms with Crippen LogP contribution in [0.1, 0.15) is 19.8 Å². The summed E-state index contributed by atoms with van der Waals surface area (Å²) in [4.78, 5) is 22.5. The highest BCUT2D eigenvalue weighted by atomic mass is 16.5. The molecule has 0 radical (unpaired) electrons. The van der Waals surface area contributed by atoms with E-state index in [0.717, 1.165) is 12.8 Å². The molecule has 4 heteroatoms. The van der Waals surface area contributed by atoms with E-state index in [1.54, 1.807) is 24.3 Å². The van der Waals surface area contributed by atoms with E-state index in [9.17, 15) is 9.59 Å². The Labute approximate surface area is 94.6 Å². The van der Waals surface area contributed by atoms with Gasteiger partial charge < -0.3 is 10.1 Å². The Kier molecular flexibility index (Phi) is 5.05. The molecule has 0 unspecified atom stereocenters. The fraction of sp³-hybridized carbons (Fsp3) is 0.333. The van der Waals surface area contributed by atoms with Crippen molar-refractivity contribution < 1.29 is 14.3 Å². The van der Waals surface area contributed by atoms with Gasteiger partial charge in [0.1, 0.15) is 0 Å². The molecule has 0 aliphatic heterocycles. The normalized spacial score (nSPS) is 9.56. The zero-order chi connectivity index (χ0) is 11.8. The van der Waals surface area contributed by atoms with Gasteiger partial charge in [0.2, 0.25) is 0 Å². The molecule has 1 rings (SSSR count). The van der Waals surface area contributed by atoms with Gasteiger partial charge in [0.25, 0.3) is 0 Å². The Morgan fingerprint density at radius 3 is 2.56 bits per heavy atom. The Balaban J connectivity index is 2.38. The van der Waals surface area contributed by atoms with Gasteiger partial charge >= 0.3 is 11.9 Å². The second kappa shape index (κ2) is 6.61. The van der Waals surface area contributed by atoms with E-state index in [1.807, 2.05) is 13.0 Å². The van der Waals surface area contributed by atoms with Crippen LogP contribution in [-0.4, -0.2) is 18.5 Å². The van der Waals surface area contributed by atoms with Gasteiger partial charge in [-0.05, 0) is 18.6 Å². The molecule has 0 aliphatic carbocycles. The second-order valence-corrected chi connectivity index (χ2v) is 3.31. The first-order valence-corrected chi connectivity index (χ1v) is 5.27. The molecule has 1 aromatic carbocycles. The highest BCUT2D eigenvalue weighted by Crippen LogP contribution is 2.04. The Morgan fingerprint density at radius 1 is 1.25 bits per heavy atom. The second-order valence-electron chi connectivity index (χ2n) is 3.31. The largest absolute Gasteiger partial charge is 0.459 e. The summed E-state index contributed by atoms with van der Waals surface area (Å²) in [5.41, 5.74) is 0.583. The topological polar surface area (TPSA) is 55.4 Å². The van der Waals surface area contributed by atoms with Gasteiger partial charge in [0.15, 0.2) is 0 Å². The van der Waals surface area contributed by atoms with Crippen molar-refractivity contribution in [2.24, 2.45) is 0 Å². The van der Waals surface area contributed by atoms with Crippen molar-refractivity contribution in [1.29, 1.82) is 0 Å². The number of amides is 1. The summed E-state index contributed by atoms with van der Waals surface area (Å²) >= 11 is 0. The first kappa shape index (κ1) is 12.2. The molecule has 0 saturated carbocycles. The molecule has 0 heterocycles. The molecule has 4 nitrogen and oxygen atoms in total. The van der Waals surface area contributed by atoms with Crippen LogP contribution in [-0.2, 0) is 14.3 Å². The third-order valence-corrected chi connectivity index (χ3v) is 1.95. The number of hydrogen-bond donors (Lipinski definition) is 1. The van der Waals surface area contributed by atoms with Crippen molar-refractivity contribution in [3.05, 3.63) is 30.3 Å². The van der Waals surface area contributed by atoms with Gasteiger partial charge in [0.05, 0.1) is 6.61 Å². The summed E-state index contributed by atoms with van der Waals surface area (Å²) in [6, 6.07) is 8.79. The number of esters is 1. The number of anilines is 1. The maximum Gasteiger partial charge on any atom is 0.397 e. The number of nitrogens with one attached hydrogen (secondary N) is 1. The van der Waals surface area contributed by atoms with Gasteiger partial charge in [0, 0.05) is 5.69 Å². The van der Waals surface area contributed by atoms with E-state index >= 15 is 0 Å². The average molecular weight is 221 g/mol. The minimum Gasteiger partial charge on any atom is -0.459 e. The number of para-hydroxylation sites is 1. The van der Waals surface area contributed by atoms with E-state index in [2.05, 4.69) is 5.32 Å². The summed E-state index contributed by atoms with van der Waals surface area (Å²) in [6.07, 6.45) is 1.69. The molecule has 0 atom stereocenters. The van der Waals surface area contributed by atoms with E-state index in [0.29, 0.717) is 5.69 Å². The molecule has 1 amide bonds. The van der Waals surface area contributed by atoms with Crippen molar-refractivity contribution >= 4 is 17.6 Å². The van der Waals surface area contributed by atoms with Crippen LogP contribution in [0.2, 0.25) is 0 Å². The van der Waals surface area contributed by atoms with Crippen LogP contribution in [0.25, 0.3) is 0 Å². The summed E-state index contributed by atoms with van der Waals surface area (Å²) in [5.74, 6) is -1.57. The van der Waals surface area contributed by atoms with Crippen LogP contribution in [0.4, 0.5) is 5.69 Å². The van der Waals surface area contributed by atoms with E-state index in [-0.39, 0.29) is 6.61 Å². The van der Waals surface area contributed by atoms with E-state index in [4.69, 9.17) is 4.74 Å². The molecule has 0 spiro atoms. The lowest BCUT2D eigenvalue weighted by Crippen LogP contribution is -2.25. The lowest BCUT2D eigenvalue weighted by Gasteiger charge is -2.04. The van der Waals surface area contributed by atoms with Crippen molar-refractivity contribution in [3.8, 4) is 0 Å². The molecule has 0 saturated heterocycles. The summed E-state index contributed by atoms with van der Waals surface area (Å²) in [6.45, 7) is 2.27. The molecule has 0 aromatic heterocycles. The standard InChI is InChI=1S/C12H15NO3/c1-2-3-9-16-12(15)11(14)13-10-7-5-4-6-8-10/h4-8H,2-3,9H2,1H3,(H,13,14). The number of carbonyl (C=O) groups is 2. The number of rotatable bonds is 4. The van der Waals surface area contributed by atoms with Crippen LogP contribution in [0.3, 0.4) is 0 Å². The number of carbonyl (C=O) groups excluding carboxylic acids is 2. The Bertz CT molecular complexity index is 349. The average Bonchev–Trinajstić information content (AvgIpc) is 2.30. The molecule has 0 aliphatic rings. The highest BCUT2D eigenvalue weighted by molar-refractivity contribution is 6.37. The first-order valence-electron chi connectivity index (χ1n) is 5.27. The smallest absolute Gasteiger partial charge is 0.397 e. The third-order valence-electron chi connectivity index (χ3n) is 1.95. The summed E-state index contributed by atoms with van der Waals surface area (Å²) < 4.78 is 4.77. The molecule has 16 heavy (non-hydrogen) atoms. The molecule has 0 fully saturated rings. The molecule has 0 bridgehead atoms. The first-order chi connectivity index (χ1) is 7.74. The number of hydrogen-bond acceptors (Lipinski definition) is 3. The maximum absolute atomic E-state index is 11.3. The van der Waals surface area contributed by atoms with E-state index < -0.39 is 11.9 Å². The maximum atomic E-state index is 11.3. The predicted octanol–water partition coefficient (Wildman–Crippen LogP) is 1.97. The van der Waals surface area contributed by atoms with Gasteiger partial charge in [-0.3, -0.25) is 4.79 Å². The van der Waals surface area contributed by atoms with Crippen LogP contribution >= 0.6 is 0 Å². The van der Waals surface area contributed by atoms with Crippen molar-refractivity contribution in [1.82, 2.24) is 0 Å². The van der Waals surface area contributed by atoms with E-state index in [1.165, 1.54) is 0 Å². The zero-order valence-corrected chi connectivity index (χ0v) is 9.23. The summed E-state index contributed by atoms with van der Waals surface area (Å²) in [7, 11) is 0. The molecular weight excluding hydrogens is 206 g/mol. The lowest BCUT2D eigenvalue weighted by molar-refractivity contribution is -0.152. The van der Waals surface area contributed by atoms with Crippen molar-refractivity contribution in [2.45, 2.75) is 19.8 Å². The molecule has 1 N–H and O–H groups in total. The lowest BCUT2D eigenvalue weighted by atomic mass is 10.3. The van der Waals surface area contributed by atoms with Gasteiger partial charge in [-0.15, -0.1) is 0 Å². The minimum atomic E-state index is -0.836. The van der Waals surface area contributed by atoms with Crippen LogP contribution in [0.5, 0.6) is 0 Å². The summed E-state index contributed by atoms with van der Waals surface area (Å²) in [5, 5.41) is 2.46. The highest BCUT2D eigenvalue weighted by Gasteiger charge is 2.14. The quantitative estimate of drug-likeness (QED) is 0.480. The Morgan fingerprint density at radius 2 is 1.94 bits per heavy atom. The number of ether oxygens (including phenoxy) is 1. The number of benzene rings is 1. The number of unbranched alkanes of at least 4 members (excludes halogenated alkanes) is 1. The molecular formula is C12H15NO3. The minimum absolute atomic E-state index is 0.289. The SMILES string of the molecule is CCCCOC(=O)C(=O)Nc1ccccc1. The Hall–Kier alpha value is -1.84. The van der Waals surface area contributed by atoms with Gasteiger partial charge in [-0.1, -0.05) is 31.5 Å². The molecule has 86 valence electrons. The fourth-order valence-electron chi connectivity index (χ4n) is 1.08. The monoisotopic (exact) mass is 221 g/mol. The zero-order valence-electron chi connectivity index (χ0n) is 9.23. The molecule has 1 aromatic rings. The van der Waals surface area contributed by atoms with Crippen LogP contribution < -0.4 is 5.32 Å². The van der Waals surface area contributed by atoms with Gasteiger partial charge in [-0.25, -0.2) is 4.79 Å². The van der Waals surface area contributed by atoms with Crippen LogP contribution in [0.15, 0.2) is 30.3 Å². The van der Waals surface area contributed by atoms with Gasteiger partial charge in [-0.2, -0.15) is 0 Å². The van der Waals surface area contributed by atoms with Crippen LogP contribution in [0, 0.1) is 0 Å². The van der Waals surface area contributed by atoms with Crippen molar-refractivity contribution in [3.63, 3.8) is 0 Å².